The highest BCUT2D eigenvalue weighted by molar-refractivity contribution is 9.10. The second-order valence-corrected chi connectivity index (χ2v) is 6.24. The molecule has 0 aliphatic rings. The number of carboxylic acid groups (broad SMARTS) is 1. The molecule has 0 saturated heterocycles. The summed E-state index contributed by atoms with van der Waals surface area (Å²) in [7, 11) is 1.55. The van der Waals surface area contributed by atoms with Gasteiger partial charge in [0.15, 0.2) is 5.76 Å². The zero-order chi connectivity index (χ0) is 16.1. The fourth-order valence-corrected chi connectivity index (χ4v) is 3.28. The molecular weight excluding hydrogens is 374 g/mol. The predicted molar refractivity (Wildman–Crippen MR) is 84.3 cm³/mol. The maximum absolute atomic E-state index is 12.5. The van der Waals surface area contributed by atoms with Gasteiger partial charge in [-0.15, -0.1) is 11.3 Å². The molecule has 0 fully saturated rings. The van der Waals surface area contributed by atoms with Crippen LogP contribution < -0.4 is 0 Å². The van der Waals surface area contributed by atoms with Crippen LogP contribution in [0.2, 0.25) is 0 Å². The Kier molecular flexibility index (Phi) is 5.76. The van der Waals surface area contributed by atoms with E-state index < -0.39 is 5.97 Å². The maximum Gasteiger partial charge on any atom is 0.371 e. The first-order valence-corrected chi connectivity index (χ1v) is 8.03. The summed E-state index contributed by atoms with van der Waals surface area (Å²) in [5.74, 6) is -1.83. The molecule has 0 bridgehead atoms. The van der Waals surface area contributed by atoms with E-state index in [1.165, 1.54) is 23.5 Å². The van der Waals surface area contributed by atoms with Gasteiger partial charge in [0, 0.05) is 23.0 Å². The van der Waals surface area contributed by atoms with Gasteiger partial charge in [0.05, 0.1) is 13.2 Å². The Bertz CT molecular complexity index is 666. The molecule has 0 aromatic carbocycles. The van der Waals surface area contributed by atoms with Crippen LogP contribution in [0.3, 0.4) is 0 Å². The number of nitrogens with zero attached hydrogens (tertiary/aromatic N) is 1. The fraction of sp³-hybridized carbons (Fsp3) is 0.286. The number of ether oxygens (including phenoxy) is 1. The van der Waals surface area contributed by atoms with Crippen molar-refractivity contribution in [3.63, 3.8) is 0 Å². The average Bonchev–Trinajstić information content (AvgIpc) is 3.12. The molecule has 0 atom stereocenters. The van der Waals surface area contributed by atoms with Crippen LogP contribution in [-0.4, -0.2) is 42.1 Å². The van der Waals surface area contributed by atoms with Crippen molar-refractivity contribution >= 4 is 39.1 Å². The van der Waals surface area contributed by atoms with Crippen LogP contribution in [0.1, 0.15) is 26.0 Å². The number of rotatable bonds is 7. The van der Waals surface area contributed by atoms with E-state index in [1.54, 1.807) is 12.0 Å². The summed E-state index contributed by atoms with van der Waals surface area (Å²) in [5.41, 5.74) is 0. The number of aromatic carboxylic acids is 1. The topological polar surface area (TPSA) is 80.0 Å². The lowest BCUT2D eigenvalue weighted by atomic mass is 10.3. The quantitative estimate of drug-likeness (QED) is 0.789. The molecule has 2 rings (SSSR count). The average molecular weight is 388 g/mol. The summed E-state index contributed by atoms with van der Waals surface area (Å²) < 4.78 is 11.0. The molecule has 8 heteroatoms. The highest BCUT2D eigenvalue weighted by Crippen LogP contribution is 2.25. The second kappa shape index (κ2) is 7.57. The molecule has 6 nitrogen and oxygen atoms in total. The molecule has 0 spiro atoms. The number of furan rings is 1. The SMILES string of the molecule is COCCN(Cc1sccc1Br)C(=O)c1ccc(C(=O)O)o1. The van der Waals surface area contributed by atoms with Crippen LogP contribution in [0.25, 0.3) is 0 Å². The molecule has 2 heterocycles. The van der Waals surface area contributed by atoms with Crippen LogP contribution >= 0.6 is 27.3 Å². The Morgan fingerprint density at radius 3 is 2.64 bits per heavy atom. The molecule has 0 aliphatic carbocycles. The summed E-state index contributed by atoms with van der Waals surface area (Å²) >= 11 is 4.96. The smallest absolute Gasteiger partial charge is 0.371 e. The molecule has 2 aromatic heterocycles. The standard InChI is InChI=1S/C14H14BrNO5S/c1-20-6-5-16(8-12-9(15)4-7-22-12)13(17)10-2-3-11(21-10)14(18)19/h2-4,7H,5-6,8H2,1H3,(H,18,19). The van der Waals surface area contributed by atoms with E-state index in [0.717, 1.165) is 9.35 Å². The van der Waals surface area contributed by atoms with Crippen molar-refractivity contribution in [2.45, 2.75) is 6.54 Å². The monoisotopic (exact) mass is 387 g/mol. The molecule has 2 aromatic rings. The number of halogens is 1. The zero-order valence-corrected chi connectivity index (χ0v) is 14.1. The molecule has 0 radical (unpaired) electrons. The number of carbonyl (C=O) groups is 2. The Balaban J connectivity index is 2.17. The van der Waals surface area contributed by atoms with Crippen LogP contribution in [0.4, 0.5) is 0 Å². The van der Waals surface area contributed by atoms with E-state index in [-0.39, 0.29) is 17.4 Å². The van der Waals surface area contributed by atoms with E-state index in [9.17, 15) is 9.59 Å². The maximum atomic E-state index is 12.5. The van der Waals surface area contributed by atoms with Crippen LogP contribution in [0, 0.1) is 0 Å². The Morgan fingerprint density at radius 2 is 2.09 bits per heavy atom. The van der Waals surface area contributed by atoms with E-state index >= 15 is 0 Å². The van der Waals surface area contributed by atoms with Crippen LogP contribution in [-0.2, 0) is 11.3 Å². The van der Waals surface area contributed by atoms with Crippen molar-refractivity contribution in [3.05, 3.63) is 44.4 Å². The lowest BCUT2D eigenvalue weighted by Crippen LogP contribution is -2.33. The minimum absolute atomic E-state index is 0.00109. The third-order valence-corrected chi connectivity index (χ3v) is 4.82. The first-order valence-electron chi connectivity index (χ1n) is 6.36. The summed E-state index contributed by atoms with van der Waals surface area (Å²) in [4.78, 5) is 25.9. The molecule has 0 aliphatic heterocycles. The number of carbonyl (C=O) groups excluding carboxylic acids is 1. The van der Waals surface area contributed by atoms with Crippen LogP contribution in [0.5, 0.6) is 0 Å². The zero-order valence-electron chi connectivity index (χ0n) is 11.7. The number of amides is 1. The van der Waals surface area contributed by atoms with Gasteiger partial charge < -0.3 is 19.2 Å². The van der Waals surface area contributed by atoms with Crippen molar-refractivity contribution < 1.29 is 23.8 Å². The van der Waals surface area contributed by atoms with Gasteiger partial charge in [-0.1, -0.05) is 0 Å². The second-order valence-electron chi connectivity index (χ2n) is 4.38. The van der Waals surface area contributed by atoms with Crippen molar-refractivity contribution in [1.29, 1.82) is 0 Å². The normalized spacial score (nSPS) is 10.6. The van der Waals surface area contributed by atoms with E-state index in [2.05, 4.69) is 15.9 Å². The van der Waals surface area contributed by atoms with Gasteiger partial charge >= 0.3 is 5.97 Å². The van der Waals surface area contributed by atoms with Gasteiger partial charge in [-0.3, -0.25) is 4.79 Å². The predicted octanol–water partition coefficient (Wildman–Crippen LogP) is 3.09. The van der Waals surface area contributed by atoms with Gasteiger partial charge in [-0.25, -0.2) is 4.79 Å². The largest absolute Gasteiger partial charge is 0.475 e. The molecule has 1 N–H and O–H groups in total. The molecule has 22 heavy (non-hydrogen) atoms. The highest BCUT2D eigenvalue weighted by atomic mass is 79.9. The van der Waals surface area contributed by atoms with Gasteiger partial charge in [0.1, 0.15) is 0 Å². The summed E-state index contributed by atoms with van der Waals surface area (Å²) in [5, 5.41) is 10.8. The highest BCUT2D eigenvalue weighted by Gasteiger charge is 2.22. The number of carboxylic acids is 1. The van der Waals surface area contributed by atoms with Crippen molar-refractivity contribution in [1.82, 2.24) is 4.90 Å². The minimum atomic E-state index is -1.21. The van der Waals surface area contributed by atoms with Crippen molar-refractivity contribution in [3.8, 4) is 0 Å². The number of hydrogen-bond donors (Lipinski definition) is 1. The third-order valence-electron chi connectivity index (χ3n) is 2.91. The molecule has 118 valence electrons. The van der Waals surface area contributed by atoms with Gasteiger partial charge in [0.25, 0.3) is 5.91 Å². The van der Waals surface area contributed by atoms with Crippen molar-refractivity contribution in [2.24, 2.45) is 0 Å². The molecule has 0 unspecified atom stereocenters. The first-order chi connectivity index (χ1) is 10.5. The number of thiophene rings is 1. The summed E-state index contributed by atoms with van der Waals surface area (Å²) in [6.45, 7) is 1.15. The number of methoxy groups -OCH3 is 1. The van der Waals surface area contributed by atoms with E-state index in [0.29, 0.717) is 19.7 Å². The van der Waals surface area contributed by atoms with Gasteiger partial charge in [-0.05, 0) is 39.5 Å². The van der Waals surface area contributed by atoms with Gasteiger partial charge in [-0.2, -0.15) is 0 Å². The minimum Gasteiger partial charge on any atom is -0.475 e. The Labute approximate surface area is 139 Å². The lowest BCUT2D eigenvalue weighted by Gasteiger charge is -2.20. The Morgan fingerprint density at radius 1 is 1.36 bits per heavy atom. The third kappa shape index (κ3) is 3.96. The first kappa shape index (κ1) is 16.7. The van der Waals surface area contributed by atoms with E-state index in [1.807, 2.05) is 11.4 Å². The molecule has 0 saturated carbocycles. The van der Waals surface area contributed by atoms with Crippen molar-refractivity contribution in [2.75, 3.05) is 20.3 Å². The van der Waals surface area contributed by atoms with Crippen LogP contribution in [0.15, 0.2) is 32.5 Å². The Hall–Kier alpha value is -1.64. The summed E-state index contributed by atoms with van der Waals surface area (Å²) in [6, 6.07) is 4.55. The molecular formula is C14H14BrNO5S. The van der Waals surface area contributed by atoms with Gasteiger partial charge in [0.2, 0.25) is 5.76 Å². The molecule has 1 amide bonds. The summed E-state index contributed by atoms with van der Waals surface area (Å²) in [6.07, 6.45) is 0. The number of hydrogen-bond acceptors (Lipinski definition) is 5. The fourth-order valence-electron chi connectivity index (χ4n) is 1.79. The lowest BCUT2D eigenvalue weighted by molar-refractivity contribution is 0.0624. The van der Waals surface area contributed by atoms with E-state index in [4.69, 9.17) is 14.3 Å².